The molecule has 104 valence electrons. The van der Waals surface area contributed by atoms with Crippen molar-refractivity contribution in [3.63, 3.8) is 0 Å². The highest BCUT2D eigenvalue weighted by Gasteiger charge is 2.23. The van der Waals surface area contributed by atoms with Crippen molar-refractivity contribution in [2.45, 2.75) is 32.9 Å². The molecule has 1 fully saturated rings. The van der Waals surface area contributed by atoms with E-state index in [0.29, 0.717) is 11.3 Å². The van der Waals surface area contributed by atoms with Crippen LogP contribution in [0, 0.1) is 0 Å². The number of benzene rings is 1. The minimum atomic E-state index is 0.224. The molecule has 1 N–H and O–H groups in total. The number of aliphatic imine (C=N–C) groups is 1. The van der Waals surface area contributed by atoms with Crippen molar-refractivity contribution < 1.29 is 9.84 Å². The van der Waals surface area contributed by atoms with Crippen molar-refractivity contribution in [1.29, 1.82) is 0 Å². The van der Waals surface area contributed by atoms with Gasteiger partial charge in [-0.2, -0.15) is 0 Å². The molecule has 2 rings (SSSR count). The molecule has 0 spiro atoms. The Morgan fingerprint density at radius 3 is 3.00 bits per heavy atom. The van der Waals surface area contributed by atoms with Gasteiger partial charge in [0.05, 0.1) is 12.7 Å². The number of rotatable bonds is 4. The molecule has 4 heteroatoms. The molecule has 1 heterocycles. The SMILES string of the molecule is CCN1CCCC1/N=C(\C)c1c(O)cccc1OC. The Balaban J connectivity index is 2.31. The predicted molar refractivity (Wildman–Crippen MR) is 77.1 cm³/mol. The summed E-state index contributed by atoms with van der Waals surface area (Å²) in [4.78, 5) is 7.13. The average molecular weight is 262 g/mol. The molecule has 1 saturated heterocycles. The van der Waals surface area contributed by atoms with Gasteiger partial charge in [-0.1, -0.05) is 13.0 Å². The third-order valence-electron chi connectivity index (χ3n) is 3.66. The number of methoxy groups -OCH3 is 1. The number of phenols is 1. The molecule has 0 amide bonds. The van der Waals surface area contributed by atoms with E-state index < -0.39 is 0 Å². The fourth-order valence-corrected chi connectivity index (χ4v) is 2.66. The van der Waals surface area contributed by atoms with Crippen molar-refractivity contribution in [3.8, 4) is 11.5 Å². The van der Waals surface area contributed by atoms with Gasteiger partial charge in [-0.25, -0.2) is 0 Å². The topological polar surface area (TPSA) is 45.1 Å². The highest BCUT2D eigenvalue weighted by Crippen LogP contribution is 2.29. The number of hydrogen-bond donors (Lipinski definition) is 1. The first kappa shape index (κ1) is 13.9. The second-order valence-electron chi connectivity index (χ2n) is 4.82. The summed E-state index contributed by atoms with van der Waals surface area (Å²) in [6.07, 6.45) is 2.50. The maximum Gasteiger partial charge on any atom is 0.131 e. The Hall–Kier alpha value is -1.55. The second kappa shape index (κ2) is 6.06. The maximum absolute atomic E-state index is 10.0. The Bertz CT molecular complexity index is 471. The van der Waals surface area contributed by atoms with Gasteiger partial charge in [0.1, 0.15) is 17.7 Å². The molecular formula is C15H22N2O2. The van der Waals surface area contributed by atoms with Gasteiger partial charge < -0.3 is 9.84 Å². The van der Waals surface area contributed by atoms with Crippen molar-refractivity contribution in [1.82, 2.24) is 4.90 Å². The molecular weight excluding hydrogens is 240 g/mol. The monoisotopic (exact) mass is 262 g/mol. The van der Waals surface area contributed by atoms with Gasteiger partial charge in [0.25, 0.3) is 0 Å². The van der Waals surface area contributed by atoms with Crippen molar-refractivity contribution in [3.05, 3.63) is 23.8 Å². The smallest absolute Gasteiger partial charge is 0.131 e. The summed E-state index contributed by atoms with van der Waals surface area (Å²) in [5, 5.41) is 10.0. The fraction of sp³-hybridized carbons (Fsp3) is 0.533. The lowest BCUT2D eigenvalue weighted by Crippen LogP contribution is -2.28. The molecule has 1 atom stereocenters. The second-order valence-corrected chi connectivity index (χ2v) is 4.82. The summed E-state index contributed by atoms with van der Waals surface area (Å²) < 4.78 is 5.31. The third-order valence-corrected chi connectivity index (χ3v) is 3.66. The summed E-state index contributed by atoms with van der Waals surface area (Å²) in [6.45, 7) is 6.21. The van der Waals surface area contributed by atoms with Crippen LogP contribution in [0.15, 0.2) is 23.2 Å². The quantitative estimate of drug-likeness (QED) is 0.848. The minimum Gasteiger partial charge on any atom is -0.507 e. The first-order valence-corrected chi connectivity index (χ1v) is 6.82. The van der Waals surface area contributed by atoms with Crippen molar-refractivity contribution in [2.75, 3.05) is 20.2 Å². The summed E-state index contributed by atoms with van der Waals surface area (Å²) in [7, 11) is 1.61. The molecule has 0 radical (unpaired) electrons. The number of aromatic hydroxyl groups is 1. The van der Waals surface area contributed by atoms with Gasteiger partial charge in [-0.3, -0.25) is 9.89 Å². The molecule has 0 saturated carbocycles. The van der Waals surface area contributed by atoms with Crippen molar-refractivity contribution in [2.24, 2.45) is 4.99 Å². The van der Waals surface area contributed by atoms with E-state index in [9.17, 15) is 5.11 Å². The molecule has 1 unspecified atom stereocenters. The van der Waals surface area contributed by atoms with Crippen LogP contribution in [0.1, 0.15) is 32.3 Å². The van der Waals surface area contributed by atoms with E-state index in [1.807, 2.05) is 13.0 Å². The number of ether oxygens (including phenoxy) is 1. The van der Waals surface area contributed by atoms with Crippen LogP contribution in [0.5, 0.6) is 11.5 Å². The summed E-state index contributed by atoms with van der Waals surface area (Å²) in [6, 6.07) is 5.29. The summed E-state index contributed by atoms with van der Waals surface area (Å²) in [5.41, 5.74) is 1.54. The molecule has 1 aliphatic rings. The van der Waals surface area contributed by atoms with E-state index in [2.05, 4.69) is 11.8 Å². The molecule has 19 heavy (non-hydrogen) atoms. The Morgan fingerprint density at radius 1 is 1.53 bits per heavy atom. The fourth-order valence-electron chi connectivity index (χ4n) is 2.66. The molecule has 1 aromatic carbocycles. The minimum absolute atomic E-state index is 0.224. The van der Waals surface area contributed by atoms with Crippen LogP contribution in [0.2, 0.25) is 0 Å². The summed E-state index contributed by atoms with van der Waals surface area (Å²) in [5.74, 6) is 0.893. The van der Waals surface area contributed by atoms with Crippen LogP contribution in [0.3, 0.4) is 0 Å². The first-order valence-electron chi connectivity index (χ1n) is 6.82. The van der Waals surface area contributed by atoms with Gasteiger partial charge in [0.15, 0.2) is 0 Å². The van der Waals surface area contributed by atoms with Crippen LogP contribution < -0.4 is 4.74 Å². The zero-order valence-electron chi connectivity index (χ0n) is 11.9. The lowest BCUT2D eigenvalue weighted by Gasteiger charge is -2.20. The van der Waals surface area contributed by atoms with Gasteiger partial charge in [-0.05, 0) is 38.4 Å². The maximum atomic E-state index is 10.0. The average Bonchev–Trinajstić information content (AvgIpc) is 2.85. The molecule has 0 bridgehead atoms. The zero-order valence-corrected chi connectivity index (χ0v) is 11.9. The van der Waals surface area contributed by atoms with E-state index in [-0.39, 0.29) is 11.9 Å². The number of hydrogen-bond acceptors (Lipinski definition) is 4. The van der Waals surface area contributed by atoms with Crippen LogP contribution in [0.4, 0.5) is 0 Å². The Kier molecular flexibility index (Phi) is 4.43. The molecule has 0 aromatic heterocycles. The van der Waals surface area contributed by atoms with Crippen LogP contribution >= 0.6 is 0 Å². The van der Waals surface area contributed by atoms with Crippen molar-refractivity contribution >= 4 is 5.71 Å². The van der Waals surface area contributed by atoms with Gasteiger partial charge in [0.2, 0.25) is 0 Å². The van der Waals surface area contributed by atoms with E-state index >= 15 is 0 Å². The van der Waals surface area contributed by atoms with Gasteiger partial charge in [-0.15, -0.1) is 0 Å². The molecule has 1 aliphatic heterocycles. The molecule has 0 aliphatic carbocycles. The largest absolute Gasteiger partial charge is 0.507 e. The lowest BCUT2D eigenvalue weighted by atomic mass is 10.1. The first-order chi connectivity index (χ1) is 9.17. The third kappa shape index (κ3) is 2.89. The number of phenolic OH excluding ortho intramolecular Hbond substituents is 1. The molecule has 4 nitrogen and oxygen atoms in total. The van der Waals surface area contributed by atoms with E-state index in [0.717, 1.165) is 25.2 Å². The molecule has 1 aromatic rings. The highest BCUT2D eigenvalue weighted by molar-refractivity contribution is 6.03. The van der Waals surface area contributed by atoms with Gasteiger partial charge in [0, 0.05) is 12.3 Å². The van der Waals surface area contributed by atoms with Crippen LogP contribution in [0.25, 0.3) is 0 Å². The van der Waals surface area contributed by atoms with Crippen LogP contribution in [-0.4, -0.2) is 42.1 Å². The highest BCUT2D eigenvalue weighted by atomic mass is 16.5. The normalized spacial score (nSPS) is 20.8. The Labute approximate surface area is 114 Å². The van der Waals surface area contributed by atoms with E-state index in [1.54, 1.807) is 19.2 Å². The lowest BCUT2D eigenvalue weighted by molar-refractivity contribution is 0.275. The summed E-state index contributed by atoms with van der Waals surface area (Å²) >= 11 is 0. The standard InChI is InChI=1S/C15H22N2O2/c1-4-17-10-6-9-14(17)16-11(2)15-12(18)7-5-8-13(15)19-3/h5,7-8,14,18H,4,6,9-10H2,1-3H3/b16-11+. The number of likely N-dealkylation sites (tertiary alicyclic amines) is 1. The Morgan fingerprint density at radius 2 is 2.32 bits per heavy atom. The van der Waals surface area contributed by atoms with E-state index in [4.69, 9.17) is 9.73 Å². The van der Waals surface area contributed by atoms with Crippen LogP contribution in [-0.2, 0) is 0 Å². The zero-order chi connectivity index (χ0) is 13.8. The number of nitrogens with zero attached hydrogens (tertiary/aromatic N) is 2. The predicted octanol–water partition coefficient (Wildman–Crippen LogP) is 2.65. The van der Waals surface area contributed by atoms with Gasteiger partial charge >= 0.3 is 0 Å². The van der Waals surface area contributed by atoms with E-state index in [1.165, 1.54) is 6.42 Å².